The van der Waals surface area contributed by atoms with Crippen molar-refractivity contribution in [3.8, 4) is 11.4 Å². The van der Waals surface area contributed by atoms with Crippen molar-refractivity contribution in [2.24, 2.45) is 23.7 Å². The van der Waals surface area contributed by atoms with Crippen LogP contribution in [0.4, 0.5) is 5.69 Å². The van der Waals surface area contributed by atoms with Crippen LogP contribution in [0, 0.1) is 30.6 Å². The third kappa shape index (κ3) is 3.32. The Balaban J connectivity index is 1.10. The lowest BCUT2D eigenvalue weighted by atomic mass is 9.53. The summed E-state index contributed by atoms with van der Waals surface area (Å²) in [6, 6.07) is 13.8. The van der Waals surface area contributed by atoms with Crippen molar-refractivity contribution < 1.29 is 9.53 Å². The predicted octanol–water partition coefficient (Wildman–Crippen LogP) is 4.99. The van der Waals surface area contributed by atoms with Crippen LogP contribution in [-0.4, -0.2) is 63.9 Å². The van der Waals surface area contributed by atoms with Gasteiger partial charge in [-0.25, -0.2) is 4.52 Å². The van der Waals surface area contributed by atoms with Crippen LogP contribution in [0.1, 0.15) is 41.6 Å². The number of nitrogens with zero attached hydrogens (tertiary/aromatic N) is 5. The monoisotopic (exact) mass is 521 g/mol. The SMILES string of the molecule is Cc1c(-c2cc3ccc(N4CCOCC4)cc3n2CC2CC2)nn2cc(C(=O)N3CC4CC5CC3[C@H]54)ccc12. The Morgan fingerprint density at radius 3 is 2.69 bits per heavy atom. The fraction of sp³-hybridized carbons (Fsp3) is 0.500. The molecule has 2 saturated heterocycles. The van der Waals surface area contributed by atoms with E-state index in [4.69, 9.17) is 9.84 Å². The van der Waals surface area contributed by atoms with E-state index >= 15 is 0 Å². The van der Waals surface area contributed by atoms with Crippen molar-refractivity contribution in [3.05, 3.63) is 53.7 Å². The summed E-state index contributed by atoms with van der Waals surface area (Å²) in [4.78, 5) is 18.1. The van der Waals surface area contributed by atoms with E-state index < -0.39 is 0 Å². The molecule has 7 nitrogen and oxygen atoms in total. The quantitative estimate of drug-likeness (QED) is 0.371. The minimum absolute atomic E-state index is 0.183. The first-order chi connectivity index (χ1) is 19.1. The molecular formula is C32H35N5O2. The molecule has 5 aliphatic rings. The Morgan fingerprint density at radius 2 is 1.90 bits per heavy atom. The predicted molar refractivity (Wildman–Crippen MR) is 151 cm³/mol. The molecule has 4 aromatic rings. The fourth-order valence-electron chi connectivity index (χ4n) is 8.12. The number of aromatic nitrogens is 3. The number of anilines is 1. The first-order valence-corrected chi connectivity index (χ1v) is 14.9. The van der Waals surface area contributed by atoms with Crippen molar-refractivity contribution in [2.45, 2.75) is 45.2 Å². The number of hydrogen-bond donors (Lipinski definition) is 0. The van der Waals surface area contributed by atoms with E-state index in [1.807, 2.05) is 16.8 Å². The summed E-state index contributed by atoms with van der Waals surface area (Å²) >= 11 is 0. The van der Waals surface area contributed by atoms with E-state index in [1.54, 1.807) is 0 Å². The van der Waals surface area contributed by atoms with Crippen molar-refractivity contribution >= 4 is 28.0 Å². The number of amides is 1. The Hall–Kier alpha value is -3.32. The van der Waals surface area contributed by atoms with E-state index in [2.05, 4.69) is 51.6 Å². The van der Waals surface area contributed by atoms with Crippen LogP contribution in [-0.2, 0) is 11.3 Å². The van der Waals surface area contributed by atoms with Crippen LogP contribution in [0.2, 0.25) is 0 Å². The van der Waals surface area contributed by atoms with Crippen molar-refractivity contribution in [3.63, 3.8) is 0 Å². The highest BCUT2D eigenvalue weighted by Gasteiger charge is 2.61. The molecule has 1 aromatic carbocycles. The Kier molecular flexibility index (Phi) is 4.67. The molecule has 9 rings (SSSR count). The molecule has 5 fully saturated rings. The first kappa shape index (κ1) is 22.5. The zero-order chi connectivity index (χ0) is 25.8. The third-order valence-electron chi connectivity index (χ3n) is 10.5. The molecule has 1 amide bonds. The number of pyridine rings is 1. The van der Waals surface area contributed by atoms with E-state index in [1.165, 1.54) is 53.5 Å². The van der Waals surface area contributed by atoms with Crippen LogP contribution < -0.4 is 4.90 Å². The highest BCUT2D eigenvalue weighted by molar-refractivity contribution is 5.95. The maximum Gasteiger partial charge on any atom is 0.255 e. The molecule has 3 aromatic heterocycles. The largest absolute Gasteiger partial charge is 0.378 e. The van der Waals surface area contributed by atoms with Crippen molar-refractivity contribution in [1.29, 1.82) is 0 Å². The minimum Gasteiger partial charge on any atom is -0.378 e. The molecule has 39 heavy (non-hydrogen) atoms. The Bertz CT molecular complexity index is 1640. The fourth-order valence-corrected chi connectivity index (χ4v) is 8.12. The first-order valence-electron chi connectivity index (χ1n) is 14.9. The van der Waals surface area contributed by atoms with Gasteiger partial charge in [-0.15, -0.1) is 0 Å². The summed E-state index contributed by atoms with van der Waals surface area (Å²) in [7, 11) is 0. The number of carbonyl (C=O) groups is 1. The number of hydrogen-bond acceptors (Lipinski definition) is 4. The summed E-state index contributed by atoms with van der Waals surface area (Å²) in [6.45, 7) is 7.60. The second-order valence-electron chi connectivity index (χ2n) is 12.7. The molecule has 0 radical (unpaired) electrons. The number of carbonyl (C=O) groups excluding carboxylic acids is 1. The lowest BCUT2D eigenvalue weighted by Gasteiger charge is -2.52. The number of likely N-dealkylation sites (tertiary alicyclic amines) is 1. The normalized spacial score (nSPS) is 27.6. The average molecular weight is 522 g/mol. The Morgan fingerprint density at radius 1 is 1.03 bits per heavy atom. The smallest absolute Gasteiger partial charge is 0.255 e. The zero-order valence-corrected chi connectivity index (χ0v) is 22.6. The molecule has 2 aliphatic heterocycles. The highest BCUT2D eigenvalue weighted by Crippen LogP contribution is 2.60. The topological polar surface area (TPSA) is 55.0 Å². The lowest BCUT2D eigenvalue weighted by molar-refractivity contribution is -0.0204. The number of aryl methyl sites for hydroxylation is 1. The van der Waals surface area contributed by atoms with E-state index in [9.17, 15) is 4.79 Å². The van der Waals surface area contributed by atoms with Crippen LogP contribution in [0.15, 0.2) is 42.6 Å². The van der Waals surface area contributed by atoms with Gasteiger partial charge >= 0.3 is 0 Å². The summed E-state index contributed by atoms with van der Waals surface area (Å²) in [5, 5.41) is 6.38. The molecule has 0 bridgehead atoms. The summed E-state index contributed by atoms with van der Waals surface area (Å²) in [6.07, 6.45) is 7.11. The average Bonchev–Trinajstić information content (AvgIpc) is 3.62. The van der Waals surface area contributed by atoms with Crippen LogP contribution in [0.25, 0.3) is 27.8 Å². The van der Waals surface area contributed by atoms with E-state index in [0.29, 0.717) is 6.04 Å². The van der Waals surface area contributed by atoms with Crippen LogP contribution in [0.3, 0.4) is 0 Å². The van der Waals surface area contributed by atoms with Crippen molar-refractivity contribution in [2.75, 3.05) is 37.7 Å². The van der Waals surface area contributed by atoms with Crippen LogP contribution in [0.5, 0.6) is 0 Å². The third-order valence-corrected chi connectivity index (χ3v) is 10.5. The molecule has 3 unspecified atom stereocenters. The number of fused-ring (bicyclic) bond motifs is 2. The molecule has 0 spiro atoms. The van der Waals surface area contributed by atoms with Gasteiger partial charge in [-0.1, -0.05) is 6.07 Å². The van der Waals surface area contributed by atoms with Crippen molar-refractivity contribution in [1.82, 2.24) is 19.1 Å². The molecule has 3 aliphatic carbocycles. The zero-order valence-electron chi connectivity index (χ0n) is 22.6. The maximum atomic E-state index is 13.5. The van der Waals surface area contributed by atoms with Gasteiger partial charge < -0.3 is 19.1 Å². The minimum atomic E-state index is 0.183. The van der Waals surface area contributed by atoms with Gasteiger partial charge in [0.2, 0.25) is 0 Å². The van der Waals surface area contributed by atoms with Gasteiger partial charge in [0, 0.05) is 55.1 Å². The van der Waals surface area contributed by atoms with E-state index in [-0.39, 0.29) is 5.91 Å². The maximum absolute atomic E-state index is 13.5. The Labute approximate surface area is 228 Å². The molecule has 200 valence electrons. The van der Waals surface area contributed by atoms with E-state index in [0.717, 1.165) is 79.8 Å². The number of benzene rings is 1. The second-order valence-corrected chi connectivity index (χ2v) is 12.7. The summed E-state index contributed by atoms with van der Waals surface area (Å²) in [5.74, 6) is 3.35. The second kappa shape index (κ2) is 8.10. The highest BCUT2D eigenvalue weighted by atomic mass is 16.5. The molecule has 5 heterocycles. The summed E-state index contributed by atoms with van der Waals surface area (Å²) in [5.41, 5.74) is 7.76. The number of ether oxygens (including phenoxy) is 1. The molecule has 4 atom stereocenters. The van der Waals surface area contributed by atoms with Gasteiger partial charge in [0.25, 0.3) is 5.91 Å². The lowest BCUT2D eigenvalue weighted by Crippen LogP contribution is -2.53. The molecule has 3 saturated carbocycles. The van der Waals surface area contributed by atoms with Gasteiger partial charge in [0.05, 0.1) is 35.5 Å². The molecule has 0 N–H and O–H groups in total. The molecular weight excluding hydrogens is 486 g/mol. The van der Waals surface area contributed by atoms with Crippen LogP contribution >= 0.6 is 0 Å². The standard InChI is InChI=1S/C32H35N5O2/c1-19-26-7-5-22(32(38)36-17-24-12-23-14-28(36)30(23)24)18-37(26)33-31(19)29-13-21-4-6-25(34-8-10-39-11-9-34)15-27(21)35(29)16-20-2-3-20/h4-7,13,15,18,20,23-24,28,30H,2-3,8-12,14,16-17H2,1H3/t23?,24?,28?,30-/m1/s1. The van der Waals surface area contributed by atoms with Gasteiger partial charge in [-0.3, -0.25) is 4.79 Å². The number of rotatable bonds is 5. The number of morpholine rings is 1. The van der Waals surface area contributed by atoms with Gasteiger partial charge in [0.15, 0.2) is 0 Å². The summed E-state index contributed by atoms with van der Waals surface area (Å²) < 4.78 is 10.0. The van der Waals surface area contributed by atoms with Gasteiger partial charge in [0.1, 0.15) is 5.69 Å². The molecule has 7 heteroatoms. The van der Waals surface area contributed by atoms with Gasteiger partial charge in [-0.05, 0) is 86.6 Å². The van der Waals surface area contributed by atoms with Gasteiger partial charge in [-0.2, -0.15) is 5.10 Å².